The minimum atomic E-state index is 0.309. The van der Waals surface area contributed by atoms with E-state index in [2.05, 4.69) is 16.1 Å². The van der Waals surface area contributed by atoms with Crippen LogP contribution in [0.25, 0.3) is 0 Å². The Kier molecular flexibility index (Phi) is 2.87. The lowest BCUT2D eigenvalue weighted by Gasteiger charge is -1.95. The topological polar surface area (TPSA) is 58.9 Å². The highest BCUT2D eigenvalue weighted by Gasteiger charge is 1.96. The van der Waals surface area contributed by atoms with Gasteiger partial charge in [0.05, 0.1) is 11.4 Å². The van der Waals surface area contributed by atoms with Gasteiger partial charge in [0.25, 0.3) is 0 Å². The zero-order valence-electron chi connectivity index (χ0n) is 6.87. The number of carbonyl (C=O) groups excluding carboxylic acids is 2. The fourth-order valence-electron chi connectivity index (χ4n) is 0.895. The van der Waals surface area contributed by atoms with E-state index in [0.29, 0.717) is 11.4 Å². The van der Waals surface area contributed by atoms with E-state index in [9.17, 15) is 9.59 Å². The maximum atomic E-state index is 9.94. The number of hydrogen-bond acceptors (Lipinski definition) is 4. The smallest absolute Gasteiger partial charge is 0.211 e. The maximum Gasteiger partial charge on any atom is 0.240 e. The summed E-state index contributed by atoms with van der Waals surface area (Å²) in [5, 5.41) is 0. The van der Waals surface area contributed by atoms with Crippen molar-refractivity contribution in [3.63, 3.8) is 0 Å². The highest BCUT2D eigenvalue weighted by Crippen LogP contribution is 2.21. The summed E-state index contributed by atoms with van der Waals surface area (Å²) in [7, 11) is 0. The summed E-state index contributed by atoms with van der Waals surface area (Å²) < 4.78 is 0. The molecule has 0 spiro atoms. The van der Waals surface area contributed by atoms with Gasteiger partial charge in [-0.25, -0.2) is 9.59 Å². The van der Waals surface area contributed by atoms with Gasteiger partial charge in [-0.05, 0) is 24.6 Å². The molecule has 1 rings (SSSR count). The zero-order valence-corrected chi connectivity index (χ0v) is 6.87. The second-order valence-corrected chi connectivity index (χ2v) is 2.33. The summed E-state index contributed by atoms with van der Waals surface area (Å²) in [5.74, 6) is 0. The van der Waals surface area contributed by atoms with Crippen molar-refractivity contribution in [1.82, 2.24) is 0 Å². The molecule has 63 valence electrons. The second-order valence-electron chi connectivity index (χ2n) is 2.33. The molecular formula is C9H5N2O2. The van der Waals surface area contributed by atoms with Crippen LogP contribution in [0.15, 0.2) is 22.1 Å². The third-order valence-electron chi connectivity index (χ3n) is 1.32. The van der Waals surface area contributed by atoms with Crippen LogP contribution in [0.4, 0.5) is 11.4 Å². The molecule has 0 saturated heterocycles. The van der Waals surface area contributed by atoms with E-state index in [1.807, 2.05) is 0 Å². The predicted octanol–water partition coefficient (Wildman–Crippen LogP) is 1.73. The Morgan fingerprint density at radius 2 is 1.62 bits per heavy atom. The SMILES string of the molecule is Cc1cc(N=C=O)[c]c(N=C=O)c1. The Balaban J connectivity index is 3.25. The first-order valence-corrected chi connectivity index (χ1v) is 3.46. The average Bonchev–Trinajstić information content (AvgIpc) is 2.04. The number of isocyanates is 2. The quantitative estimate of drug-likeness (QED) is 0.505. The van der Waals surface area contributed by atoms with Gasteiger partial charge in [-0.1, -0.05) is 0 Å². The van der Waals surface area contributed by atoms with Crippen LogP contribution in [0.5, 0.6) is 0 Å². The molecule has 0 fully saturated rings. The maximum absolute atomic E-state index is 9.94. The molecule has 13 heavy (non-hydrogen) atoms. The molecule has 0 aliphatic carbocycles. The molecule has 1 aromatic carbocycles. The summed E-state index contributed by atoms with van der Waals surface area (Å²) >= 11 is 0. The Hall–Kier alpha value is -2.02. The number of aryl methyl sites for hydroxylation is 1. The fourth-order valence-corrected chi connectivity index (χ4v) is 0.895. The van der Waals surface area contributed by atoms with Gasteiger partial charge in [-0.2, -0.15) is 9.98 Å². The average molecular weight is 173 g/mol. The van der Waals surface area contributed by atoms with Crippen molar-refractivity contribution < 1.29 is 9.59 Å². The fraction of sp³-hybridized carbons (Fsp3) is 0.111. The van der Waals surface area contributed by atoms with Crippen LogP contribution in [0, 0.1) is 13.0 Å². The lowest BCUT2D eigenvalue weighted by molar-refractivity contribution is 0.565. The summed E-state index contributed by atoms with van der Waals surface area (Å²) in [5.41, 5.74) is 1.45. The molecule has 0 bridgehead atoms. The van der Waals surface area contributed by atoms with E-state index in [1.165, 1.54) is 12.2 Å². The van der Waals surface area contributed by atoms with Crippen LogP contribution in [0.1, 0.15) is 5.56 Å². The second kappa shape index (κ2) is 4.12. The number of benzene rings is 1. The third-order valence-corrected chi connectivity index (χ3v) is 1.32. The summed E-state index contributed by atoms with van der Waals surface area (Å²) in [4.78, 5) is 26.6. The van der Waals surface area contributed by atoms with E-state index in [-0.39, 0.29) is 0 Å². The summed E-state index contributed by atoms with van der Waals surface area (Å²) in [6.45, 7) is 1.79. The molecule has 1 radical (unpaired) electrons. The van der Waals surface area contributed by atoms with E-state index in [0.717, 1.165) is 5.56 Å². The minimum Gasteiger partial charge on any atom is -0.211 e. The normalized spacial score (nSPS) is 8.38. The Morgan fingerprint density at radius 1 is 1.15 bits per heavy atom. The van der Waals surface area contributed by atoms with E-state index < -0.39 is 0 Å². The van der Waals surface area contributed by atoms with Gasteiger partial charge in [-0.3, -0.25) is 0 Å². The van der Waals surface area contributed by atoms with Crippen LogP contribution < -0.4 is 0 Å². The number of aliphatic imine (C=N–C) groups is 2. The molecule has 0 atom stereocenters. The molecule has 0 amide bonds. The van der Waals surface area contributed by atoms with Gasteiger partial charge < -0.3 is 0 Å². The number of nitrogens with zero attached hydrogens (tertiary/aromatic N) is 2. The molecule has 0 saturated carbocycles. The van der Waals surface area contributed by atoms with Gasteiger partial charge >= 0.3 is 0 Å². The molecule has 0 aliphatic rings. The number of rotatable bonds is 2. The highest BCUT2D eigenvalue weighted by atomic mass is 16.1. The first-order valence-electron chi connectivity index (χ1n) is 3.46. The van der Waals surface area contributed by atoms with Gasteiger partial charge in [0.1, 0.15) is 0 Å². The van der Waals surface area contributed by atoms with Crippen LogP contribution in [-0.2, 0) is 9.59 Å². The van der Waals surface area contributed by atoms with Crippen molar-refractivity contribution in [3.05, 3.63) is 23.8 Å². The molecule has 0 unspecified atom stereocenters. The summed E-state index contributed by atoms with van der Waals surface area (Å²) in [6, 6.07) is 5.90. The van der Waals surface area contributed by atoms with Crippen molar-refractivity contribution in [2.24, 2.45) is 9.98 Å². The first-order chi connectivity index (χ1) is 6.26. The molecule has 1 aromatic rings. The molecule has 0 heterocycles. The Morgan fingerprint density at radius 3 is 2.00 bits per heavy atom. The predicted molar refractivity (Wildman–Crippen MR) is 45.6 cm³/mol. The molecule has 0 N–H and O–H groups in total. The van der Waals surface area contributed by atoms with Crippen LogP contribution >= 0.6 is 0 Å². The molecular weight excluding hydrogens is 168 g/mol. The molecule has 0 aliphatic heterocycles. The largest absolute Gasteiger partial charge is 0.240 e. The standard InChI is InChI=1S/C9H5N2O2/c1-7-2-8(10-5-12)4-9(3-7)11-6-13/h2-3H,1H3. The van der Waals surface area contributed by atoms with Crippen LogP contribution in [-0.4, -0.2) is 12.2 Å². The van der Waals surface area contributed by atoms with Gasteiger partial charge in [0.2, 0.25) is 12.2 Å². The van der Waals surface area contributed by atoms with Crippen molar-refractivity contribution in [1.29, 1.82) is 0 Å². The highest BCUT2D eigenvalue weighted by molar-refractivity contribution is 5.58. The van der Waals surface area contributed by atoms with Crippen molar-refractivity contribution in [3.8, 4) is 0 Å². The molecule has 0 aromatic heterocycles. The van der Waals surface area contributed by atoms with E-state index in [4.69, 9.17) is 0 Å². The van der Waals surface area contributed by atoms with Gasteiger partial charge in [-0.15, -0.1) is 0 Å². The van der Waals surface area contributed by atoms with E-state index in [1.54, 1.807) is 19.1 Å². The lowest BCUT2D eigenvalue weighted by atomic mass is 10.2. The van der Waals surface area contributed by atoms with Crippen LogP contribution in [0.3, 0.4) is 0 Å². The zero-order chi connectivity index (χ0) is 9.68. The molecule has 4 heteroatoms. The lowest BCUT2D eigenvalue weighted by Crippen LogP contribution is -1.72. The number of hydrogen-bond donors (Lipinski definition) is 0. The Labute approximate surface area is 74.6 Å². The van der Waals surface area contributed by atoms with Gasteiger partial charge in [0.15, 0.2) is 0 Å². The monoisotopic (exact) mass is 173 g/mol. The van der Waals surface area contributed by atoms with Crippen molar-refractivity contribution >= 4 is 23.5 Å². The van der Waals surface area contributed by atoms with Crippen LogP contribution in [0.2, 0.25) is 0 Å². The van der Waals surface area contributed by atoms with E-state index >= 15 is 0 Å². The minimum absolute atomic E-state index is 0.309. The van der Waals surface area contributed by atoms with Gasteiger partial charge in [0, 0.05) is 6.07 Å². The van der Waals surface area contributed by atoms with Crippen molar-refractivity contribution in [2.45, 2.75) is 6.92 Å². The summed E-state index contributed by atoms with van der Waals surface area (Å²) in [6.07, 6.45) is 2.77. The van der Waals surface area contributed by atoms with Crippen molar-refractivity contribution in [2.75, 3.05) is 0 Å². The molecule has 4 nitrogen and oxygen atoms in total. The Bertz CT molecular complexity index is 377. The first kappa shape index (κ1) is 9.07. The third kappa shape index (κ3) is 2.49.